The fourth-order valence-corrected chi connectivity index (χ4v) is 1.94. The number of nitrogens with two attached hydrogens (primary N) is 1. The fraction of sp³-hybridized carbons (Fsp3) is 0.667. The molecule has 0 bridgehead atoms. The molecular formula is C9H17N3OS. The first-order valence-electron chi connectivity index (χ1n) is 4.67. The predicted octanol–water partition coefficient (Wildman–Crippen LogP) is 1.51. The zero-order chi connectivity index (χ0) is 10.6. The van der Waals surface area contributed by atoms with Gasteiger partial charge in [0.2, 0.25) is 0 Å². The molecule has 0 aliphatic rings. The van der Waals surface area contributed by atoms with Crippen molar-refractivity contribution < 1.29 is 4.74 Å². The second-order valence-electron chi connectivity index (χ2n) is 3.12. The average Bonchev–Trinajstić information content (AvgIpc) is 2.48. The average molecular weight is 215 g/mol. The topological polar surface area (TPSA) is 51.4 Å². The molecule has 0 fully saturated rings. The molecule has 1 aromatic heterocycles. The van der Waals surface area contributed by atoms with E-state index in [2.05, 4.69) is 9.27 Å². The fourth-order valence-electron chi connectivity index (χ4n) is 1.14. The molecule has 0 unspecified atom stereocenters. The van der Waals surface area contributed by atoms with E-state index in [0.717, 1.165) is 30.3 Å². The van der Waals surface area contributed by atoms with Crippen LogP contribution in [0.5, 0.6) is 0 Å². The van der Waals surface area contributed by atoms with Crippen LogP contribution in [-0.4, -0.2) is 31.2 Å². The summed E-state index contributed by atoms with van der Waals surface area (Å²) in [5, 5.41) is 1.13. The Morgan fingerprint density at radius 3 is 2.79 bits per heavy atom. The van der Waals surface area contributed by atoms with Gasteiger partial charge in [-0.25, -0.2) is 0 Å². The maximum atomic E-state index is 5.67. The Kier molecular flexibility index (Phi) is 4.16. The van der Waals surface area contributed by atoms with Gasteiger partial charge in [0.15, 0.2) is 0 Å². The lowest BCUT2D eigenvalue weighted by Crippen LogP contribution is -2.22. The number of likely N-dealkylation sites (N-methyl/N-ethyl adjacent to an activating group) is 1. The lowest BCUT2D eigenvalue weighted by atomic mass is 10.3. The molecule has 0 aromatic carbocycles. The van der Waals surface area contributed by atoms with Crippen molar-refractivity contribution in [1.82, 2.24) is 4.37 Å². The highest BCUT2D eigenvalue weighted by molar-refractivity contribution is 7.10. The molecule has 0 aliphatic carbocycles. The minimum absolute atomic E-state index is 0.633. The molecule has 0 radical (unpaired) electrons. The summed E-state index contributed by atoms with van der Waals surface area (Å²) in [5.74, 6) is 0.633. The summed E-state index contributed by atoms with van der Waals surface area (Å²) in [5.41, 5.74) is 6.74. The van der Waals surface area contributed by atoms with Crippen LogP contribution in [0.15, 0.2) is 0 Å². The minimum atomic E-state index is 0.633. The minimum Gasteiger partial charge on any atom is -0.383 e. The van der Waals surface area contributed by atoms with Crippen molar-refractivity contribution in [3.8, 4) is 0 Å². The number of rotatable bonds is 5. The van der Waals surface area contributed by atoms with Crippen LogP contribution < -0.4 is 10.6 Å². The molecule has 80 valence electrons. The molecule has 4 nitrogen and oxygen atoms in total. The Hall–Kier alpha value is -0.810. The highest BCUT2D eigenvalue weighted by Gasteiger charge is 2.10. The normalized spacial score (nSPS) is 10.5. The summed E-state index contributed by atoms with van der Waals surface area (Å²) in [4.78, 5) is 2.12. The molecule has 14 heavy (non-hydrogen) atoms. The number of aromatic nitrogens is 1. The van der Waals surface area contributed by atoms with E-state index < -0.39 is 0 Å². The van der Waals surface area contributed by atoms with Crippen LogP contribution in [0.4, 0.5) is 10.8 Å². The number of nitrogens with zero attached hydrogens (tertiary/aromatic N) is 2. The zero-order valence-electron chi connectivity index (χ0n) is 8.91. The van der Waals surface area contributed by atoms with Gasteiger partial charge in [-0.3, -0.25) is 0 Å². The van der Waals surface area contributed by atoms with Gasteiger partial charge in [-0.05, 0) is 25.4 Å². The summed E-state index contributed by atoms with van der Waals surface area (Å²) in [6.07, 6.45) is 0. The van der Waals surface area contributed by atoms with Crippen LogP contribution in [0.3, 0.4) is 0 Å². The Morgan fingerprint density at radius 1 is 1.57 bits per heavy atom. The lowest BCUT2D eigenvalue weighted by Gasteiger charge is -2.17. The first-order valence-corrected chi connectivity index (χ1v) is 5.44. The molecule has 0 aliphatic heterocycles. The van der Waals surface area contributed by atoms with Crippen molar-refractivity contribution in [2.24, 2.45) is 0 Å². The first kappa shape index (κ1) is 11.3. The van der Waals surface area contributed by atoms with Gasteiger partial charge in [0.05, 0.1) is 6.61 Å². The van der Waals surface area contributed by atoms with Crippen LogP contribution in [0.1, 0.15) is 12.5 Å². The molecule has 0 atom stereocenters. The van der Waals surface area contributed by atoms with Crippen molar-refractivity contribution in [2.75, 3.05) is 37.4 Å². The summed E-state index contributed by atoms with van der Waals surface area (Å²) >= 11 is 1.44. The zero-order valence-corrected chi connectivity index (χ0v) is 9.73. The van der Waals surface area contributed by atoms with Crippen LogP contribution in [-0.2, 0) is 4.74 Å². The van der Waals surface area contributed by atoms with Gasteiger partial charge >= 0.3 is 0 Å². The number of nitrogen functional groups attached to an aromatic ring is 1. The van der Waals surface area contributed by atoms with E-state index >= 15 is 0 Å². The van der Waals surface area contributed by atoms with E-state index in [-0.39, 0.29) is 0 Å². The number of ether oxygens (including phenoxy) is 1. The van der Waals surface area contributed by atoms with Crippen LogP contribution in [0, 0.1) is 6.92 Å². The third kappa shape index (κ3) is 2.59. The summed E-state index contributed by atoms with van der Waals surface area (Å²) < 4.78 is 9.39. The smallest absolute Gasteiger partial charge is 0.142 e. The molecule has 0 saturated carbocycles. The third-order valence-electron chi connectivity index (χ3n) is 2.06. The maximum absolute atomic E-state index is 5.67. The molecule has 1 aromatic rings. The molecular weight excluding hydrogens is 198 g/mol. The van der Waals surface area contributed by atoms with Gasteiger partial charge in [0, 0.05) is 25.8 Å². The maximum Gasteiger partial charge on any atom is 0.142 e. The Balaban J connectivity index is 2.52. The lowest BCUT2D eigenvalue weighted by molar-refractivity contribution is 0.154. The summed E-state index contributed by atoms with van der Waals surface area (Å²) in [6.45, 7) is 6.36. The molecule has 0 spiro atoms. The molecule has 0 saturated heterocycles. The second kappa shape index (κ2) is 5.17. The summed E-state index contributed by atoms with van der Waals surface area (Å²) in [7, 11) is 2.03. The number of hydrogen-bond acceptors (Lipinski definition) is 5. The van der Waals surface area contributed by atoms with Crippen molar-refractivity contribution in [3.63, 3.8) is 0 Å². The number of hydrogen-bond donors (Lipinski definition) is 1. The molecule has 2 N–H and O–H groups in total. The third-order valence-corrected chi connectivity index (χ3v) is 3.14. The molecule has 1 rings (SSSR count). The van der Waals surface area contributed by atoms with Gasteiger partial charge < -0.3 is 15.4 Å². The highest BCUT2D eigenvalue weighted by atomic mass is 32.1. The van der Waals surface area contributed by atoms with Crippen molar-refractivity contribution in [1.29, 1.82) is 0 Å². The predicted molar refractivity (Wildman–Crippen MR) is 61.0 cm³/mol. The molecule has 0 amide bonds. The van der Waals surface area contributed by atoms with Crippen molar-refractivity contribution >= 4 is 22.4 Å². The van der Waals surface area contributed by atoms with E-state index in [4.69, 9.17) is 10.5 Å². The Labute approximate surface area is 88.8 Å². The summed E-state index contributed by atoms with van der Waals surface area (Å²) in [6, 6.07) is 0. The second-order valence-corrected chi connectivity index (χ2v) is 3.87. The Morgan fingerprint density at radius 2 is 2.29 bits per heavy atom. The number of anilines is 2. The quantitative estimate of drug-likeness (QED) is 0.756. The standard InChI is InChI=1S/C9H17N3OS/c1-4-13-6-5-12(3)9-7(2)8(10)11-14-9/h4-6H2,1-3H3,(H2,10,11). The van der Waals surface area contributed by atoms with Gasteiger partial charge in [-0.15, -0.1) is 0 Å². The van der Waals surface area contributed by atoms with E-state index in [9.17, 15) is 0 Å². The van der Waals surface area contributed by atoms with E-state index in [1.54, 1.807) is 0 Å². The molecule has 5 heteroatoms. The van der Waals surface area contributed by atoms with E-state index in [1.165, 1.54) is 11.5 Å². The highest BCUT2D eigenvalue weighted by Crippen LogP contribution is 2.28. The van der Waals surface area contributed by atoms with Crippen molar-refractivity contribution in [3.05, 3.63) is 5.56 Å². The van der Waals surface area contributed by atoms with Gasteiger partial charge in [-0.1, -0.05) is 0 Å². The van der Waals surface area contributed by atoms with Crippen LogP contribution in [0.2, 0.25) is 0 Å². The van der Waals surface area contributed by atoms with Crippen LogP contribution >= 0.6 is 11.5 Å². The van der Waals surface area contributed by atoms with Crippen molar-refractivity contribution in [2.45, 2.75) is 13.8 Å². The molecule has 1 heterocycles. The Bertz CT molecular complexity index is 288. The largest absolute Gasteiger partial charge is 0.383 e. The van der Waals surface area contributed by atoms with Crippen LogP contribution in [0.25, 0.3) is 0 Å². The van der Waals surface area contributed by atoms with Gasteiger partial charge in [0.25, 0.3) is 0 Å². The monoisotopic (exact) mass is 215 g/mol. The SMILES string of the molecule is CCOCCN(C)c1snc(N)c1C. The van der Waals surface area contributed by atoms with Gasteiger partial charge in [-0.2, -0.15) is 4.37 Å². The van der Waals surface area contributed by atoms with E-state index in [0.29, 0.717) is 5.82 Å². The first-order chi connectivity index (χ1) is 6.66. The van der Waals surface area contributed by atoms with Gasteiger partial charge in [0.1, 0.15) is 10.8 Å². The van der Waals surface area contributed by atoms with E-state index in [1.807, 2.05) is 20.9 Å².